The molecule has 22 heavy (non-hydrogen) atoms. The van der Waals surface area contributed by atoms with Gasteiger partial charge in [-0.05, 0) is 51.8 Å². The molecule has 0 aliphatic carbocycles. The Morgan fingerprint density at radius 3 is 2.50 bits per heavy atom. The molecule has 0 unspecified atom stereocenters. The van der Waals surface area contributed by atoms with Crippen molar-refractivity contribution in [2.75, 3.05) is 23.3 Å². The Hall–Kier alpha value is -1.76. The molecule has 120 valence electrons. The fraction of sp³-hybridized carbons (Fsp3) is 0.533. The second kappa shape index (κ2) is 5.15. The van der Waals surface area contributed by atoms with E-state index in [-0.39, 0.29) is 16.4 Å². The lowest BCUT2D eigenvalue weighted by Crippen LogP contribution is -2.42. The summed E-state index contributed by atoms with van der Waals surface area (Å²) in [6, 6.07) is 5.52. The zero-order valence-electron chi connectivity index (χ0n) is 13.2. The van der Waals surface area contributed by atoms with E-state index in [0.717, 1.165) is 31.6 Å². The van der Waals surface area contributed by atoms with Gasteiger partial charge in [0.1, 0.15) is 4.90 Å². The van der Waals surface area contributed by atoms with E-state index in [2.05, 4.69) is 19.9 Å². The minimum Gasteiger partial charge on any atom is -0.371 e. The maximum Gasteiger partial charge on any atom is 0.266 e. The molecule has 1 aromatic carbocycles. The van der Waals surface area contributed by atoms with Gasteiger partial charge >= 0.3 is 0 Å². The maximum absolute atomic E-state index is 12.5. The summed E-state index contributed by atoms with van der Waals surface area (Å²) >= 11 is 0. The van der Waals surface area contributed by atoms with Crippen LogP contribution in [0.15, 0.2) is 28.1 Å². The van der Waals surface area contributed by atoms with Gasteiger partial charge in [-0.25, -0.2) is 18.1 Å². The molecule has 2 aliphatic heterocycles. The first-order valence-electron chi connectivity index (χ1n) is 7.53. The SMILES string of the molecule is CC(C)(C)N=C1Nc2ccc(N3CCCC3)cc2S(=O)(=O)N1. The summed E-state index contributed by atoms with van der Waals surface area (Å²) in [4.78, 5) is 6.87. The number of anilines is 2. The minimum atomic E-state index is -3.59. The lowest BCUT2D eigenvalue weighted by atomic mass is 10.1. The molecular weight excluding hydrogens is 300 g/mol. The number of benzene rings is 1. The average molecular weight is 322 g/mol. The van der Waals surface area contributed by atoms with Crippen molar-refractivity contribution < 1.29 is 8.42 Å². The highest BCUT2D eigenvalue weighted by Gasteiger charge is 2.28. The van der Waals surface area contributed by atoms with E-state index in [1.165, 1.54) is 0 Å². The van der Waals surface area contributed by atoms with Gasteiger partial charge < -0.3 is 10.2 Å². The van der Waals surface area contributed by atoms with Crippen LogP contribution in [0, 0.1) is 0 Å². The van der Waals surface area contributed by atoms with Crippen molar-refractivity contribution in [1.29, 1.82) is 0 Å². The van der Waals surface area contributed by atoms with Gasteiger partial charge in [-0.3, -0.25) is 0 Å². The Morgan fingerprint density at radius 2 is 1.86 bits per heavy atom. The highest BCUT2D eigenvalue weighted by molar-refractivity contribution is 7.90. The zero-order valence-corrected chi connectivity index (χ0v) is 14.0. The summed E-state index contributed by atoms with van der Waals surface area (Å²) < 4.78 is 27.5. The highest BCUT2D eigenvalue weighted by atomic mass is 32.2. The van der Waals surface area contributed by atoms with Gasteiger partial charge in [-0.15, -0.1) is 0 Å². The summed E-state index contributed by atoms with van der Waals surface area (Å²) in [5.41, 5.74) is 1.17. The van der Waals surface area contributed by atoms with Crippen LogP contribution in [0.3, 0.4) is 0 Å². The van der Waals surface area contributed by atoms with Gasteiger partial charge in [0, 0.05) is 18.8 Å². The predicted molar refractivity (Wildman–Crippen MR) is 89.0 cm³/mol. The molecule has 2 heterocycles. The second-order valence-corrected chi connectivity index (χ2v) is 8.39. The second-order valence-electron chi connectivity index (χ2n) is 6.74. The molecule has 3 rings (SSSR count). The fourth-order valence-corrected chi connectivity index (χ4v) is 3.88. The van der Waals surface area contributed by atoms with Crippen LogP contribution in [0.1, 0.15) is 33.6 Å². The number of fused-ring (bicyclic) bond motifs is 1. The number of aliphatic imine (C=N–C) groups is 1. The molecular formula is C15H22N4O2S. The van der Waals surface area contributed by atoms with Crippen LogP contribution in [0.2, 0.25) is 0 Å². The van der Waals surface area contributed by atoms with Crippen LogP contribution in [-0.4, -0.2) is 33.0 Å². The third kappa shape index (κ3) is 3.04. The average Bonchev–Trinajstić information content (AvgIpc) is 2.89. The van der Waals surface area contributed by atoms with Crippen LogP contribution < -0.4 is 14.9 Å². The molecule has 1 saturated heterocycles. The number of nitrogens with one attached hydrogen (secondary N) is 2. The normalized spacial score (nSPS) is 22.1. The van der Waals surface area contributed by atoms with Crippen LogP contribution >= 0.6 is 0 Å². The van der Waals surface area contributed by atoms with E-state index in [1.807, 2.05) is 32.9 Å². The number of sulfonamides is 1. The smallest absolute Gasteiger partial charge is 0.266 e. The third-order valence-corrected chi connectivity index (χ3v) is 5.04. The van der Waals surface area contributed by atoms with Crippen molar-refractivity contribution in [2.24, 2.45) is 4.99 Å². The highest BCUT2D eigenvalue weighted by Crippen LogP contribution is 2.31. The Morgan fingerprint density at radius 1 is 1.18 bits per heavy atom. The molecule has 6 nitrogen and oxygen atoms in total. The van der Waals surface area contributed by atoms with Crippen molar-refractivity contribution in [3.05, 3.63) is 18.2 Å². The fourth-order valence-electron chi connectivity index (χ4n) is 2.73. The monoisotopic (exact) mass is 322 g/mol. The summed E-state index contributed by atoms with van der Waals surface area (Å²) in [6.45, 7) is 7.72. The third-order valence-electron chi connectivity index (χ3n) is 3.66. The number of rotatable bonds is 1. The molecule has 0 amide bonds. The summed E-state index contributed by atoms with van der Waals surface area (Å²) in [6.07, 6.45) is 2.31. The Balaban J connectivity index is 1.99. The molecule has 0 spiro atoms. The van der Waals surface area contributed by atoms with E-state index >= 15 is 0 Å². The molecule has 0 radical (unpaired) electrons. The van der Waals surface area contributed by atoms with Crippen molar-refractivity contribution in [2.45, 2.75) is 44.0 Å². The van der Waals surface area contributed by atoms with Crippen molar-refractivity contribution in [3.8, 4) is 0 Å². The quantitative estimate of drug-likeness (QED) is 0.831. The minimum absolute atomic E-state index is 0.272. The molecule has 0 bridgehead atoms. The van der Waals surface area contributed by atoms with Crippen LogP contribution in [-0.2, 0) is 10.0 Å². The van der Waals surface area contributed by atoms with Gasteiger partial charge in [-0.1, -0.05) is 0 Å². The first-order chi connectivity index (χ1) is 10.2. The summed E-state index contributed by atoms with van der Waals surface area (Å²) in [5.74, 6) is 0.272. The summed E-state index contributed by atoms with van der Waals surface area (Å²) in [5, 5.41) is 3.07. The van der Waals surface area contributed by atoms with E-state index in [0.29, 0.717) is 5.69 Å². The standard InChI is InChI=1S/C15H22N4O2S/c1-15(2,3)17-14-16-12-7-6-11(19-8-4-5-9-19)10-13(12)22(20,21)18-14/h6-7,10H,4-5,8-9H2,1-3H3,(H2,16,17,18). The van der Waals surface area contributed by atoms with E-state index in [9.17, 15) is 8.42 Å². The molecule has 2 N–H and O–H groups in total. The van der Waals surface area contributed by atoms with Gasteiger partial charge in [0.25, 0.3) is 10.0 Å². The maximum atomic E-state index is 12.5. The van der Waals surface area contributed by atoms with Gasteiger partial charge in [0.2, 0.25) is 5.96 Å². The van der Waals surface area contributed by atoms with Gasteiger partial charge in [-0.2, -0.15) is 0 Å². The molecule has 7 heteroatoms. The lowest BCUT2D eigenvalue weighted by Gasteiger charge is -2.26. The molecule has 1 aromatic rings. The van der Waals surface area contributed by atoms with E-state index < -0.39 is 10.0 Å². The number of hydrogen-bond donors (Lipinski definition) is 2. The van der Waals surface area contributed by atoms with Crippen molar-refractivity contribution in [3.63, 3.8) is 0 Å². The van der Waals surface area contributed by atoms with Gasteiger partial charge in [0.05, 0.1) is 11.2 Å². The lowest BCUT2D eigenvalue weighted by molar-refractivity contribution is 0.576. The first-order valence-corrected chi connectivity index (χ1v) is 9.02. The molecule has 0 aromatic heterocycles. The van der Waals surface area contributed by atoms with Crippen molar-refractivity contribution >= 4 is 27.4 Å². The van der Waals surface area contributed by atoms with Crippen LogP contribution in [0.25, 0.3) is 0 Å². The molecule has 0 saturated carbocycles. The predicted octanol–water partition coefficient (Wildman–Crippen LogP) is 2.15. The molecule has 0 atom stereocenters. The summed E-state index contributed by atoms with van der Waals surface area (Å²) in [7, 11) is -3.59. The number of hydrogen-bond acceptors (Lipinski definition) is 4. The number of nitrogens with zero attached hydrogens (tertiary/aromatic N) is 2. The van der Waals surface area contributed by atoms with Crippen LogP contribution in [0.5, 0.6) is 0 Å². The Bertz CT molecular complexity index is 714. The largest absolute Gasteiger partial charge is 0.371 e. The molecule has 1 fully saturated rings. The Labute approximate surface area is 131 Å². The van der Waals surface area contributed by atoms with Crippen LogP contribution in [0.4, 0.5) is 11.4 Å². The first kappa shape index (κ1) is 15.1. The van der Waals surface area contributed by atoms with E-state index in [1.54, 1.807) is 6.07 Å². The topological polar surface area (TPSA) is 73.8 Å². The zero-order chi connectivity index (χ0) is 16.0. The van der Waals surface area contributed by atoms with Gasteiger partial charge in [0.15, 0.2) is 0 Å². The molecule has 2 aliphatic rings. The van der Waals surface area contributed by atoms with E-state index in [4.69, 9.17) is 0 Å². The van der Waals surface area contributed by atoms with Crippen molar-refractivity contribution in [1.82, 2.24) is 4.72 Å². The number of guanidine groups is 1. The Kier molecular flexibility index (Phi) is 3.55.